The van der Waals surface area contributed by atoms with Gasteiger partial charge in [0.1, 0.15) is 0 Å². The molecule has 0 aromatic heterocycles. The van der Waals surface area contributed by atoms with Crippen LogP contribution in [0.5, 0.6) is 0 Å². The first kappa shape index (κ1) is 14.5. The van der Waals surface area contributed by atoms with Crippen LogP contribution in [0.3, 0.4) is 0 Å². The van der Waals surface area contributed by atoms with Crippen LogP contribution < -0.4 is 5.32 Å². The Bertz CT molecular complexity index is 396. The molecule has 1 atom stereocenters. The molecule has 3 nitrogen and oxygen atoms in total. The Labute approximate surface area is 114 Å². The van der Waals surface area contributed by atoms with E-state index in [0.29, 0.717) is 12.3 Å². The number of rotatable bonds is 5. The lowest BCUT2D eigenvalue weighted by atomic mass is 10.1. The number of hydrogen-bond donors (Lipinski definition) is 2. The summed E-state index contributed by atoms with van der Waals surface area (Å²) in [5.74, 6) is 0.373. The monoisotopic (exact) mass is 317 g/mol. The Morgan fingerprint density at radius 3 is 2.88 bits per heavy atom. The normalized spacial score (nSPS) is 12.2. The Hall–Kier alpha value is -0.520. The topological polar surface area (TPSA) is 49.3 Å². The van der Waals surface area contributed by atoms with Gasteiger partial charge in [0.15, 0.2) is 0 Å². The van der Waals surface area contributed by atoms with Crippen LogP contribution in [0.1, 0.15) is 25.5 Å². The fraction of sp³-hybridized carbons (Fsp3) is 0.417. The number of carbonyl (C=O) groups excluding carboxylic acids is 1. The molecule has 17 heavy (non-hydrogen) atoms. The third-order valence-electron chi connectivity index (χ3n) is 2.16. The number of carbonyl (C=O) groups is 1. The molecule has 0 saturated carbocycles. The minimum Gasteiger partial charge on any atom is -0.389 e. The second-order valence-corrected chi connectivity index (χ2v) is 5.53. The highest BCUT2D eigenvalue weighted by molar-refractivity contribution is 9.10. The van der Waals surface area contributed by atoms with Crippen LogP contribution >= 0.6 is 27.7 Å². The van der Waals surface area contributed by atoms with E-state index in [9.17, 15) is 9.90 Å². The molecule has 0 aliphatic heterocycles. The predicted molar refractivity (Wildman–Crippen MR) is 74.2 cm³/mol. The van der Waals surface area contributed by atoms with Crippen molar-refractivity contribution in [3.63, 3.8) is 0 Å². The van der Waals surface area contributed by atoms with Crippen LogP contribution in [0, 0.1) is 0 Å². The summed E-state index contributed by atoms with van der Waals surface area (Å²) in [7, 11) is 0. The summed E-state index contributed by atoms with van der Waals surface area (Å²) in [6.45, 7) is 4.25. The number of benzene rings is 1. The van der Waals surface area contributed by atoms with Crippen LogP contribution in [0.2, 0.25) is 0 Å². The molecule has 0 aliphatic rings. The summed E-state index contributed by atoms with van der Waals surface area (Å²) < 4.78 is 0.945. The van der Waals surface area contributed by atoms with Crippen molar-refractivity contribution in [1.82, 2.24) is 5.32 Å². The third-order valence-corrected chi connectivity index (χ3v) is 3.72. The van der Waals surface area contributed by atoms with Gasteiger partial charge in [-0.1, -0.05) is 22.0 Å². The van der Waals surface area contributed by atoms with Crippen LogP contribution in [-0.2, 0) is 4.79 Å². The van der Waals surface area contributed by atoms with Gasteiger partial charge in [0.05, 0.1) is 11.9 Å². The number of aliphatic hydroxyl groups is 1. The van der Waals surface area contributed by atoms with E-state index in [-0.39, 0.29) is 5.91 Å². The quantitative estimate of drug-likeness (QED) is 0.821. The first-order valence-electron chi connectivity index (χ1n) is 5.41. The van der Waals surface area contributed by atoms with Crippen molar-refractivity contribution < 1.29 is 9.90 Å². The van der Waals surface area contributed by atoms with Crippen LogP contribution in [-0.4, -0.2) is 23.3 Å². The first-order chi connectivity index (χ1) is 8.04. The van der Waals surface area contributed by atoms with Crippen LogP contribution in [0.15, 0.2) is 27.6 Å². The molecule has 1 aromatic carbocycles. The fourth-order valence-corrected chi connectivity index (χ4v) is 2.89. The molecule has 94 valence electrons. The maximum absolute atomic E-state index is 11.4. The third kappa shape index (κ3) is 4.69. The van der Waals surface area contributed by atoms with Crippen molar-refractivity contribution in [2.45, 2.75) is 24.8 Å². The lowest BCUT2D eigenvalue weighted by Gasteiger charge is -2.12. The maximum Gasteiger partial charge on any atom is 0.230 e. The zero-order chi connectivity index (χ0) is 12.8. The number of aliphatic hydroxyl groups excluding tert-OH is 1. The van der Waals surface area contributed by atoms with Gasteiger partial charge >= 0.3 is 0 Å². The second kappa shape index (κ2) is 7.03. The molecule has 0 heterocycles. The lowest BCUT2D eigenvalue weighted by molar-refractivity contribution is -0.118. The fourth-order valence-electron chi connectivity index (χ4n) is 1.37. The molecule has 1 unspecified atom stereocenters. The first-order valence-corrected chi connectivity index (χ1v) is 7.19. The van der Waals surface area contributed by atoms with E-state index in [1.165, 1.54) is 11.8 Å². The largest absolute Gasteiger partial charge is 0.389 e. The van der Waals surface area contributed by atoms with Gasteiger partial charge in [-0.3, -0.25) is 4.79 Å². The lowest BCUT2D eigenvalue weighted by Crippen LogP contribution is -2.24. The maximum atomic E-state index is 11.4. The highest BCUT2D eigenvalue weighted by Crippen LogP contribution is 2.30. The van der Waals surface area contributed by atoms with Crippen molar-refractivity contribution in [3.05, 3.63) is 28.2 Å². The average Bonchev–Trinajstić information content (AvgIpc) is 2.26. The van der Waals surface area contributed by atoms with E-state index in [1.54, 1.807) is 6.92 Å². The van der Waals surface area contributed by atoms with Crippen molar-refractivity contribution in [1.29, 1.82) is 0 Å². The molecular formula is C12H16BrNO2S. The summed E-state index contributed by atoms with van der Waals surface area (Å²) in [6, 6.07) is 5.68. The number of nitrogens with one attached hydrogen (secondary N) is 1. The molecule has 2 N–H and O–H groups in total. The minimum atomic E-state index is -0.528. The van der Waals surface area contributed by atoms with E-state index in [1.807, 2.05) is 25.1 Å². The number of hydrogen-bond acceptors (Lipinski definition) is 3. The molecule has 0 radical (unpaired) electrons. The molecule has 1 aromatic rings. The number of thioether (sulfide) groups is 1. The predicted octanol–water partition coefficient (Wildman–Crippen LogP) is 2.73. The number of halogens is 1. The van der Waals surface area contributed by atoms with E-state index < -0.39 is 6.10 Å². The molecule has 0 fully saturated rings. The molecule has 1 amide bonds. The highest BCUT2D eigenvalue weighted by Gasteiger charge is 2.10. The summed E-state index contributed by atoms with van der Waals surface area (Å²) in [6.07, 6.45) is -0.528. The summed E-state index contributed by atoms with van der Waals surface area (Å²) in [5, 5.41) is 12.4. The van der Waals surface area contributed by atoms with E-state index in [2.05, 4.69) is 21.2 Å². The smallest absolute Gasteiger partial charge is 0.230 e. The molecule has 5 heteroatoms. The Morgan fingerprint density at radius 2 is 2.29 bits per heavy atom. The second-order valence-electron chi connectivity index (χ2n) is 3.60. The zero-order valence-corrected chi connectivity index (χ0v) is 12.3. The van der Waals surface area contributed by atoms with Crippen molar-refractivity contribution in [2.24, 2.45) is 0 Å². The standard InChI is InChI=1S/C12H16BrNO2S/c1-3-14-12(16)7-17-11-6-9(13)4-5-10(11)8(2)15/h4-6,8,15H,3,7H2,1-2H3,(H,14,16). The van der Waals surface area contributed by atoms with Gasteiger partial charge in [-0.05, 0) is 31.5 Å². The molecular weight excluding hydrogens is 302 g/mol. The molecule has 0 bridgehead atoms. The van der Waals surface area contributed by atoms with Crippen LogP contribution in [0.25, 0.3) is 0 Å². The molecule has 0 saturated heterocycles. The Balaban J connectivity index is 2.75. The van der Waals surface area contributed by atoms with Crippen molar-refractivity contribution in [3.8, 4) is 0 Å². The van der Waals surface area contributed by atoms with E-state index >= 15 is 0 Å². The van der Waals surface area contributed by atoms with Crippen molar-refractivity contribution in [2.75, 3.05) is 12.3 Å². The zero-order valence-electron chi connectivity index (χ0n) is 9.87. The Morgan fingerprint density at radius 1 is 1.59 bits per heavy atom. The van der Waals surface area contributed by atoms with Gasteiger partial charge in [0, 0.05) is 15.9 Å². The van der Waals surface area contributed by atoms with Crippen LogP contribution in [0.4, 0.5) is 0 Å². The minimum absolute atomic E-state index is 0.00835. The van der Waals surface area contributed by atoms with E-state index in [4.69, 9.17) is 0 Å². The van der Waals surface area contributed by atoms with Gasteiger partial charge in [-0.2, -0.15) is 0 Å². The van der Waals surface area contributed by atoms with Gasteiger partial charge in [-0.15, -0.1) is 11.8 Å². The summed E-state index contributed by atoms with van der Waals surface area (Å²) in [4.78, 5) is 12.3. The van der Waals surface area contributed by atoms with Gasteiger partial charge < -0.3 is 10.4 Å². The highest BCUT2D eigenvalue weighted by atomic mass is 79.9. The molecule has 0 aliphatic carbocycles. The summed E-state index contributed by atoms with van der Waals surface area (Å²) >= 11 is 4.82. The van der Waals surface area contributed by atoms with Gasteiger partial charge in [0.25, 0.3) is 0 Å². The molecule has 1 rings (SSSR count). The summed E-state index contributed by atoms with van der Waals surface area (Å²) in [5.41, 5.74) is 0.850. The van der Waals surface area contributed by atoms with Crippen molar-refractivity contribution >= 4 is 33.6 Å². The SMILES string of the molecule is CCNC(=O)CSc1cc(Br)ccc1C(C)O. The Kier molecular flexibility index (Phi) is 6.02. The average molecular weight is 318 g/mol. The van der Waals surface area contributed by atoms with Gasteiger partial charge in [0.2, 0.25) is 5.91 Å². The van der Waals surface area contributed by atoms with Gasteiger partial charge in [-0.25, -0.2) is 0 Å². The van der Waals surface area contributed by atoms with E-state index in [0.717, 1.165) is 14.9 Å². The molecule has 0 spiro atoms. The number of amides is 1.